The lowest BCUT2D eigenvalue weighted by Crippen LogP contribution is -2.49. The summed E-state index contributed by atoms with van der Waals surface area (Å²) in [6.45, 7) is 2.19. The lowest BCUT2D eigenvalue weighted by Gasteiger charge is -2.52. The molecule has 1 heterocycles. The summed E-state index contributed by atoms with van der Waals surface area (Å²) in [7, 11) is 0. The molecule has 3 fully saturated rings. The number of nitrogens with one attached hydrogen (secondary N) is 1. The predicted molar refractivity (Wildman–Crippen MR) is 114 cm³/mol. The quantitative estimate of drug-likeness (QED) is 0.670. The van der Waals surface area contributed by atoms with Crippen LogP contribution in [0.15, 0.2) is 54.8 Å². The lowest BCUT2D eigenvalue weighted by atomic mass is 9.51. The number of fused-ring (bicyclic) bond motifs is 3. The highest BCUT2D eigenvalue weighted by molar-refractivity contribution is 5.94. The number of anilines is 1. The van der Waals surface area contributed by atoms with Crippen molar-refractivity contribution >= 4 is 11.7 Å². The van der Waals surface area contributed by atoms with Crippen molar-refractivity contribution in [1.29, 1.82) is 0 Å². The molecule has 5 rings (SSSR count). The number of carbonyl (C=O) groups excluding carboxylic acids is 1. The van der Waals surface area contributed by atoms with Gasteiger partial charge in [-0.05, 0) is 79.7 Å². The van der Waals surface area contributed by atoms with Crippen LogP contribution in [0.5, 0.6) is 5.75 Å². The van der Waals surface area contributed by atoms with Crippen molar-refractivity contribution in [3.63, 3.8) is 0 Å². The molecule has 5 nitrogen and oxygen atoms in total. The van der Waals surface area contributed by atoms with E-state index in [-0.39, 0.29) is 23.3 Å². The first-order chi connectivity index (χ1) is 14.6. The Kier molecular flexibility index (Phi) is 5.84. The Morgan fingerprint density at radius 1 is 1.13 bits per heavy atom. The molecule has 0 spiro atoms. The summed E-state index contributed by atoms with van der Waals surface area (Å²) in [6.07, 6.45) is 10.1. The Morgan fingerprint density at radius 3 is 2.40 bits per heavy atom. The van der Waals surface area contributed by atoms with Gasteiger partial charge in [-0.15, -0.1) is 0 Å². The Labute approximate surface area is 176 Å². The van der Waals surface area contributed by atoms with E-state index in [2.05, 4.69) is 27.4 Å². The Morgan fingerprint density at radius 2 is 1.83 bits per heavy atom. The molecule has 1 N–H and O–H groups in total. The highest BCUT2D eigenvalue weighted by Crippen LogP contribution is 2.58. The number of benzene rings is 1. The monoisotopic (exact) mass is 409 g/mol. The number of hydrogen-bond donors (Lipinski definition) is 1. The van der Waals surface area contributed by atoms with Gasteiger partial charge in [0.05, 0.1) is 6.33 Å². The minimum atomic E-state index is -0.287. The van der Waals surface area contributed by atoms with Crippen LogP contribution >= 0.6 is 0 Å². The van der Waals surface area contributed by atoms with Crippen molar-refractivity contribution in [2.45, 2.75) is 57.3 Å². The van der Waals surface area contributed by atoms with E-state index in [0.717, 1.165) is 44.3 Å². The normalized spacial score (nSPS) is 25.7. The largest absolute Gasteiger partial charge is 0.489 e. The van der Waals surface area contributed by atoms with E-state index in [1.807, 2.05) is 19.1 Å². The fourth-order valence-corrected chi connectivity index (χ4v) is 4.86. The van der Waals surface area contributed by atoms with E-state index in [1.54, 1.807) is 12.3 Å². The summed E-state index contributed by atoms with van der Waals surface area (Å²) in [5, 5.41) is 2.98. The van der Waals surface area contributed by atoms with Gasteiger partial charge in [-0.2, -0.15) is 0 Å². The molecule has 0 unspecified atom stereocenters. The zero-order valence-corrected chi connectivity index (χ0v) is 17.4. The molecule has 0 aliphatic heterocycles. The first kappa shape index (κ1) is 20.5. The molecular formula is C24H28FN3O2. The van der Waals surface area contributed by atoms with Crippen LogP contribution in [-0.2, 0) is 10.2 Å². The average molecular weight is 410 g/mol. The van der Waals surface area contributed by atoms with Gasteiger partial charge in [0.25, 0.3) is 0 Å². The van der Waals surface area contributed by atoms with Crippen LogP contribution in [0.25, 0.3) is 0 Å². The molecule has 2 aromatic rings. The zero-order chi connectivity index (χ0) is 21.0. The van der Waals surface area contributed by atoms with Gasteiger partial charge >= 0.3 is 0 Å². The number of ether oxygens (including phenoxy) is 1. The van der Waals surface area contributed by atoms with Crippen molar-refractivity contribution in [2.24, 2.45) is 5.41 Å². The number of halogens is 1. The van der Waals surface area contributed by atoms with Gasteiger partial charge in [0.15, 0.2) is 0 Å². The van der Waals surface area contributed by atoms with E-state index in [0.29, 0.717) is 24.1 Å². The second kappa shape index (κ2) is 8.54. The zero-order valence-electron chi connectivity index (χ0n) is 17.4. The van der Waals surface area contributed by atoms with Crippen LogP contribution in [0, 0.1) is 5.41 Å². The first-order valence-electron chi connectivity index (χ1n) is 10.7. The van der Waals surface area contributed by atoms with Gasteiger partial charge < -0.3 is 10.1 Å². The molecule has 0 atom stereocenters. The van der Waals surface area contributed by atoms with Gasteiger partial charge in [-0.1, -0.05) is 19.1 Å². The third-order valence-electron chi connectivity index (χ3n) is 7.05. The Hall–Kier alpha value is -2.76. The van der Waals surface area contributed by atoms with Crippen molar-refractivity contribution in [3.8, 4) is 5.75 Å². The molecule has 3 saturated carbocycles. The van der Waals surface area contributed by atoms with E-state index >= 15 is 0 Å². The maximum Gasteiger partial charge on any atom is 0.231 e. The molecule has 158 valence electrons. The molecule has 1 aromatic carbocycles. The van der Waals surface area contributed by atoms with Gasteiger partial charge in [0.2, 0.25) is 5.91 Å². The maximum absolute atomic E-state index is 13.0. The smallest absolute Gasteiger partial charge is 0.231 e. The number of nitrogens with zero attached hydrogens (tertiary/aromatic N) is 2. The molecular weight excluding hydrogens is 381 g/mol. The van der Waals surface area contributed by atoms with Crippen LogP contribution in [0.2, 0.25) is 0 Å². The standard InChI is InChI=1S/C24H28FN3O2/c1-2-18(15-25)16-30-20-5-3-19(4-6-20)23-8-11-24(12-9-23,13-10-23)22(29)28-21-7-14-26-17-27-21/h3-7,14-15,17H,2,8-13,16H2,1H3,(H,26,27,28,29)/b18-15+. The van der Waals surface area contributed by atoms with Gasteiger partial charge in [-0.25, -0.2) is 14.4 Å². The van der Waals surface area contributed by atoms with Gasteiger partial charge in [-0.3, -0.25) is 4.79 Å². The van der Waals surface area contributed by atoms with Crippen molar-refractivity contribution in [3.05, 3.63) is 60.3 Å². The molecule has 3 aliphatic carbocycles. The highest BCUT2D eigenvalue weighted by atomic mass is 19.1. The molecule has 30 heavy (non-hydrogen) atoms. The van der Waals surface area contributed by atoms with Crippen LogP contribution in [0.4, 0.5) is 10.2 Å². The Balaban J connectivity index is 1.39. The number of amides is 1. The third kappa shape index (κ3) is 3.95. The SMILES string of the molecule is CC/C(=C\F)COc1ccc(C23CCC(C(=O)Nc4ccncn4)(CC2)CC3)cc1. The van der Waals surface area contributed by atoms with Crippen molar-refractivity contribution in [1.82, 2.24) is 9.97 Å². The van der Waals surface area contributed by atoms with Crippen LogP contribution in [0.1, 0.15) is 57.4 Å². The predicted octanol–water partition coefficient (Wildman–Crippen LogP) is 5.35. The molecule has 1 amide bonds. The van der Waals surface area contributed by atoms with Crippen molar-refractivity contribution in [2.75, 3.05) is 11.9 Å². The number of carbonyl (C=O) groups is 1. The minimum absolute atomic E-state index is 0.0888. The van der Waals surface area contributed by atoms with Crippen LogP contribution < -0.4 is 10.1 Å². The molecule has 3 aliphatic rings. The van der Waals surface area contributed by atoms with Crippen molar-refractivity contribution < 1.29 is 13.9 Å². The minimum Gasteiger partial charge on any atom is -0.489 e. The van der Waals surface area contributed by atoms with E-state index in [1.165, 1.54) is 11.9 Å². The first-order valence-corrected chi connectivity index (χ1v) is 10.7. The maximum atomic E-state index is 13.0. The van der Waals surface area contributed by atoms with Gasteiger partial charge in [0.1, 0.15) is 24.5 Å². The summed E-state index contributed by atoms with van der Waals surface area (Å²) in [6, 6.07) is 9.96. The lowest BCUT2D eigenvalue weighted by molar-refractivity contribution is -0.132. The average Bonchev–Trinajstić information content (AvgIpc) is 2.82. The number of aromatic nitrogens is 2. The molecule has 0 saturated heterocycles. The number of hydrogen-bond acceptors (Lipinski definition) is 4. The van der Waals surface area contributed by atoms with E-state index < -0.39 is 0 Å². The topological polar surface area (TPSA) is 64.1 Å². The Bertz CT molecular complexity index is 887. The summed E-state index contributed by atoms with van der Waals surface area (Å²) in [5.74, 6) is 1.41. The molecule has 2 bridgehead atoms. The fourth-order valence-electron chi connectivity index (χ4n) is 4.86. The highest BCUT2D eigenvalue weighted by Gasteiger charge is 2.52. The van der Waals surface area contributed by atoms with Crippen LogP contribution in [-0.4, -0.2) is 22.5 Å². The summed E-state index contributed by atoms with van der Waals surface area (Å²) in [4.78, 5) is 21.0. The van der Waals surface area contributed by atoms with E-state index in [4.69, 9.17) is 4.74 Å². The molecule has 6 heteroatoms. The van der Waals surface area contributed by atoms with Crippen LogP contribution in [0.3, 0.4) is 0 Å². The van der Waals surface area contributed by atoms with Gasteiger partial charge in [0, 0.05) is 11.6 Å². The number of rotatable bonds is 7. The molecule has 0 radical (unpaired) electrons. The molecule has 1 aromatic heterocycles. The fraction of sp³-hybridized carbons (Fsp3) is 0.458. The second-order valence-electron chi connectivity index (χ2n) is 8.54. The summed E-state index contributed by atoms with van der Waals surface area (Å²) in [5.41, 5.74) is 1.82. The summed E-state index contributed by atoms with van der Waals surface area (Å²) < 4.78 is 18.4. The van der Waals surface area contributed by atoms with E-state index in [9.17, 15) is 9.18 Å². The third-order valence-corrected chi connectivity index (χ3v) is 7.05. The second-order valence-corrected chi connectivity index (χ2v) is 8.54. The summed E-state index contributed by atoms with van der Waals surface area (Å²) >= 11 is 0.